The molecule has 188 valence electrons. The number of aromatic nitrogens is 4. The quantitative estimate of drug-likeness (QED) is 0.229. The van der Waals surface area contributed by atoms with E-state index in [2.05, 4.69) is 77.4 Å². The molecule has 5 aromatic carbocycles. The van der Waals surface area contributed by atoms with E-state index in [0.717, 1.165) is 27.9 Å². The first-order chi connectivity index (χ1) is 19.8. The summed E-state index contributed by atoms with van der Waals surface area (Å²) < 4.78 is 2.23. The minimum atomic E-state index is 0.601. The van der Waals surface area contributed by atoms with Crippen LogP contribution in [-0.2, 0) is 0 Å². The van der Waals surface area contributed by atoms with Crippen molar-refractivity contribution in [2.75, 3.05) is 0 Å². The zero-order chi connectivity index (χ0) is 26.5. The number of nitrogens with zero attached hydrogens (tertiary/aromatic N) is 4. The Kier molecular flexibility index (Phi) is 5.35. The van der Waals surface area contributed by atoms with Gasteiger partial charge in [0.15, 0.2) is 11.6 Å². The van der Waals surface area contributed by atoms with Gasteiger partial charge in [0, 0.05) is 37.4 Å². The second-order valence-corrected chi connectivity index (χ2v) is 10.8. The van der Waals surface area contributed by atoms with E-state index < -0.39 is 0 Å². The SMILES string of the molecule is c1ccc(-c2nc(-c3ccccc3)nc(-n3c4c(c5ccccc53)-c3ccccc3Sc3ccccc3-4)n2)cc1. The lowest BCUT2D eigenvalue weighted by Crippen LogP contribution is -2.08. The van der Waals surface area contributed by atoms with E-state index in [-0.39, 0.29) is 0 Å². The molecule has 0 bridgehead atoms. The van der Waals surface area contributed by atoms with Gasteiger partial charge in [-0.15, -0.1) is 0 Å². The second-order valence-electron chi connectivity index (χ2n) is 9.69. The van der Waals surface area contributed by atoms with Gasteiger partial charge < -0.3 is 0 Å². The predicted molar refractivity (Wildman–Crippen MR) is 163 cm³/mol. The van der Waals surface area contributed by atoms with E-state index in [4.69, 9.17) is 15.0 Å². The standard InChI is InChI=1S/C35H22N4S/c1-3-13-23(14-4-1)33-36-34(24-15-5-2-6-16-24)38-35(37-33)39-28-20-10-7-17-25(28)31-26-18-8-11-21-29(26)40-30-22-12-9-19-27(30)32(31)39/h1-22H. The Morgan fingerprint density at radius 2 is 1.00 bits per heavy atom. The van der Waals surface area contributed by atoms with Crippen LogP contribution in [0.2, 0.25) is 0 Å². The maximum atomic E-state index is 5.12. The van der Waals surface area contributed by atoms with E-state index in [1.165, 1.54) is 26.3 Å². The number of hydrogen-bond acceptors (Lipinski definition) is 4. The molecule has 3 heterocycles. The third-order valence-electron chi connectivity index (χ3n) is 7.28. The molecule has 0 saturated carbocycles. The minimum Gasteiger partial charge on any atom is -0.277 e. The highest BCUT2D eigenvalue weighted by molar-refractivity contribution is 7.99. The topological polar surface area (TPSA) is 43.6 Å². The summed E-state index contributed by atoms with van der Waals surface area (Å²) >= 11 is 1.81. The van der Waals surface area contributed by atoms with Crippen LogP contribution >= 0.6 is 11.8 Å². The molecule has 40 heavy (non-hydrogen) atoms. The Balaban J connectivity index is 1.52. The molecule has 0 aliphatic carbocycles. The molecule has 1 aliphatic rings. The van der Waals surface area contributed by atoms with Gasteiger partial charge in [0.05, 0.1) is 11.2 Å². The molecule has 5 heteroatoms. The lowest BCUT2D eigenvalue weighted by Gasteiger charge is -2.14. The van der Waals surface area contributed by atoms with Crippen molar-refractivity contribution in [1.29, 1.82) is 0 Å². The van der Waals surface area contributed by atoms with Crippen LogP contribution in [-0.4, -0.2) is 19.5 Å². The van der Waals surface area contributed by atoms with E-state index in [0.29, 0.717) is 17.6 Å². The van der Waals surface area contributed by atoms with Gasteiger partial charge in [-0.1, -0.05) is 127 Å². The van der Waals surface area contributed by atoms with Gasteiger partial charge in [-0.2, -0.15) is 9.97 Å². The summed E-state index contributed by atoms with van der Waals surface area (Å²) in [5.41, 5.74) is 7.64. The normalized spacial score (nSPS) is 11.9. The fourth-order valence-electron chi connectivity index (χ4n) is 5.50. The van der Waals surface area contributed by atoms with Gasteiger partial charge in [-0.3, -0.25) is 4.57 Å². The van der Waals surface area contributed by atoms with Crippen LogP contribution in [0.1, 0.15) is 0 Å². The van der Waals surface area contributed by atoms with E-state index >= 15 is 0 Å². The first kappa shape index (κ1) is 22.9. The molecular formula is C35H22N4S. The zero-order valence-corrected chi connectivity index (χ0v) is 22.2. The van der Waals surface area contributed by atoms with Gasteiger partial charge in [-0.25, -0.2) is 4.98 Å². The fourth-order valence-corrected chi connectivity index (χ4v) is 6.59. The molecule has 7 aromatic rings. The predicted octanol–water partition coefficient (Wildman–Crippen LogP) is 8.95. The first-order valence-corrected chi connectivity index (χ1v) is 14.0. The van der Waals surface area contributed by atoms with Crippen LogP contribution in [0.4, 0.5) is 0 Å². The molecule has 0 fully saturated rings. The molecule has 0 unspecified atom stereocenters. The molecule has 0 saturated heterocycles. The summed E-state index contributed by atoms with van der Waals surface area (Å²) in [7, 11) is 0. The van der Waals surface area contributed by atoms with Crippen molar-refractivity contribution >= 4 is 22.7 Å². The molecule has 0 radical (unpaired) electrons. The van der Waals surface area contributed by atoms with Crippen LogP contribution in [0.15, 0.2) is 143 Å². The van der Waals surface area contributed by atoms with Crippen molar-refractivity contribution < 1.29 is 0 Å². The third-order valence-corrected chi connectivity index (χ3v) is 8.43. The summed E-state index contributed by atoms with van der Waals surface area (Å²) in [6, 6.07) is 46.1. The van der Waals surface area contributed by atoms with E-state index in [9.17, 15) is 0 Å². The molecule has 1 aliphatic heterocycles. The molecule has 8 rings (SSSR count). The van der Waals surface area contributed by atoms with Crippen molar-refractivity contribution in [3.8, 4) is 51.1 Å². The Labute approximate surface area is 236 Å². The lowest BCUT2D eigenvalue weighted by molar-refractivity contribution is 0.937. The van der Waals surface area contributed by atoms with E-state index in [1.54, 1.807) is 0 Å². The highest BCUT2D eigenvalue weighted by atomic mass is 32.2. The van der Waals surface area contributed by atoms with Crippen molar-refractivity contribution in [1.82, 2.24) is 19.5 Å². The maximum Gasteiger partial charge on any atom is 0.238 e. The third kappa shape index (κ3) is 3.67. The van der Waals surface area contributed by atoms with Crippen LogP contribution in [0.3, 0.4) is 0 Å². The highest BCUT2D eigenvalue weighted by Crippen LogP contribution is 2.52. The Bertz CT molecular complexity index is 1970. The molecule has 2 aromatic heterocycles. The molecule has 0 amide bonds. The van der Waals surface area contributed by atoms with Gasteiger partial charge in [0.2, 0.25) is 5.95 Å². The van der Waals surface area contributed by atoms with Crippen molar-refractivity contribution in [3.63, 3.8) is 0 Å². The van der Waals surface area contributed by atoms with Crippen LogP contribution in [0.25, 0.3) is 62.0 Å². The molecule has 4 nitrogen and oxygen atoms in total. The van der Waals surface area contributed by atoms with Crippen LogP contribution in [0, 0.1) is 0 Å². The van der Waals surface area contributed by atoms with Gasteiger partial charge in [0.25, 0.3) is 0 Å². The minimum absolute atomic E-state index is 0.601. The van der Waals surface area contributed by atoms with Crippen molar-refractivity contribution in [2.45, 2.75) is 9.79 Å². The van der Waals surface area contributed by atoms with Crippen molar-refractivity contribution in [2.24, 2.45) is 0 Å². The number of fused-ring (bicyclic) bond motifs is 7. The first-order valence-electron chi connectivity index (χ1n) is 13.2. The van der Waals surface area contributed by atoms with Crippen molar-refractivity contribution in [3.05, 3.63) is 133 Å². The Morgan fingerprint density at radius 3 is 1.68 bits per heavy atom. The number of para-hydroxylation sites is 1. The summed E-state index contributed by atoms with van der Waals surface area (Å²) in [5, 5.41) is 1.17. The largest absolute Gasteiger partial charge is 0.277 e. The molecule has 0 spiro atoms. The monoisotopic (exact) mass is 530 g/mol. The second kappa shape index (κ2) is 9.33. The Hall–Kier alpha value is -5.00. The summed E-state index contributed by atoms with van der Waals surface area (Å²) in [5.74, 6) is 1.89. The summed E-state index contributed by atoms with van der Waals surface area (Å²) in [6.07, 6.45) is 0. The molecule has 0 atom stereocenters. The van der Waals surface area contributed by atoms with Crippen LogP contribution in [0.5, 0.6) is 0 Å². The summed E-state index contributed by atoms with van der Waals surface area (Å²) in [6.45, 7) is 0. The van der Waals surface area contributed by atoms with Crippen LogP contribution < -0.4 is 0 Å². The fraction of sp³-hybridized carbons (Fsp3) is 0. The number of hydrogen-bond donors (Lipinski definition) is 0. The highest BCUT2D eigenvalue weighted by Gasteiger charge is 2.28. The average molecular weight is 531 g/mol. The van der Waals surface area contributed by atoms with Gasteiger partial charge in [-0.05, 0) is 23.8 Å². The average Bonchev–Trinajstić information content (AvgIpc) is 3.29. The zero-order valence-electron chi connectivity index (χ0n) is 21.4. The summed E-state index contributed by atoms with van der Waals surface area (Å²) in [4.78, 5) is 17.6. The van der Waals surface area contributed by atoms with Gasteiger partial charge >= 0.3 is 0 Å². The van der Waals surface area contributed by atoms with Gasteiger partial charge in [0.1, 0.15) is 0 Å². The number of benzene rings is 5. The lowest BCUT2D eigenvalue weighted by atomic mass is 9.98. The number of rotatable bonds is 3. The van der Waals surface area contributed by atoms with E-state index in [1.807, 2.05) is 72.4 Å². The smallest absolute Gasteiger partial charge is 0.238 e. The molecule has 0 N–H and O–H groups in total. The maximum absolute atomic E-state index is 5.12. The Morgan fingerprint density at radius 1 is 0.475 bits per heavy atom. The molecular weight excluding hydrogens is 508 g/mol.